The van der Waals surface area contributed by atoms with E-state index >= 15 is 0 Å². The van der Waals surface area contributed by atoms with Crippen molar-refractivity contribution in [1.82, 2.24) is 19.9 Å². The summed E-state index contributed by atoms with van der Waals surface area (Å²) in [4.78, 5) is 44.8. The molecule has 3 fully saturated rings. The van der Waals surface area contributed by atoms with Crippen LogP contribution in [0.3, 0.4) is 0 Å². The quantitative estimate of drug-likeness (QED) is 0.482. The Bertz CT molecular complexity index is 1430. The normalized spacial score (nSPS) is 24.3. The van der Waals surface area contributed by atoms with Crippen molar-refractivity contribution >= 4 is 28.6 Å². The van der Waals surface area contributed by atoms with Gasteiger partial charge in [-0.2, -0.15) is 5.01 Å². The van der Waals surface area contributed by atoms with Crippen LogP contribution in [0.4, 0.5) is 0 Å². The predicted molar refractivity (Wildman–Crippen MR) is 140 cm³/mol. The lowest BCUT2D eigenvalue weighted by atomic mass is 9.87. The first kappa shape index (κ1) is 23.3. The number of hydrogen-bond acceptors (Lipinski definition) is 6. The van der Waals surface area contributed by atoms with Crippen molar-refractivity contribution < 1.29 is 19.1 Å². The van der Waals surface area contributed by atoms with Crippen LogP contribution in [-0.4, -0.2) is 62.9 Å². The third-order valence-electron chi connectivity index (χ3n) is 8.56. The molecular weight excluding hydrogens is 480 g/mol. The molecule has 1 aliphatic carbocycles. The van der Waals surface area contributed by atoms with Crippen molar-refractivity contribution in [3.05, 3.63) is 71.4 Å². The molecule has 0 N–H and O–H groups in total. The fraction of sp³-hybridized carbons (Fsp3) is 0.400. The molecule has 2 saturated heterocycles. The number of amides is 3. The lowest BCUT2D eigenvalue weighted by molar-refractivity contribution is -0.163. The molecule has 7 rings (SSSR count). The Labute approximate surface area is 221 Å². The minimum absolute atomic E-state index is 0.0987. The number of hydrazine groups is 1. The minimum Gasteiger partial charge on any atom is -0.489 e. The van der Waals surface area contributed by atoms with E-state index in [1.807, 2.05) is 24.4 Å². The van der Waals surface area contributed by atoms with E-state index in [4.69, 9.17) is 4.74 Å². The molecule has 4 aliphatic rings. The molecule has 0 radical (unpaired) electrons. The minimum atomic E-state index is -0.305. The molecule has 8 nitrogen and oxygen atoms in total. The Morgan fingerprint density at radius 3 is 2.55 bits per heavy atom. The maximum absolute atomic E-state index is 13.0. The molecule has 3 aromatic rings. The predicted octanol–water partition coefficient (Wildman–Crippen LogP) is 4.04. The number of rotatable bonds is 5. The summed E-state index contributed by atoms with van der Waals surface area (Å²) in [5.41, 5.74) is 3.75. The van der Waals surface area contributed by atoms with E-state index < -0.39 is 0 Å². The maximum atomic E-state index is 13.0. The van der Waals surface area contributed by atoms with E-state index in [1.165, 1.54) is 16.0 Å². The van der Waals surface area contributed by atoms with Gasteiger partial charge in [0.15, 0.2) is 0 Å². The second-order valence-electron chi connectivity index (χ2n) is 10.9. The van der Waals surface area contributed by atoms with Gasteiger partial charge in [-0.1, -0.05) is 18.2 Å². The molecule has 4 heterocycles. The first-order valence-corrected chi connectivity index (χ1v) is 13.6. The van der Waals surface area contributed by atoms with Crippen LogP contribution in [-0.2, 0) is 16.1 Å². The Kier molecular flexibility index (Phi) is 5.65. The van der Waals surface area contributed by atoms with Crippen LogP contribution < -0.4 is 4.74 Å². The third-order valence-corrected chi connectivity index (χ3v) is 8.56. The van der Waals surface area contributed by atoms with Gasteiger partial charge in [0.05, 0.1) is 12.1 Å². The summed E-state index contributed by atoms with van der Waals surface area (Å²) in [6.45, 7) is 2.25. The largest absolute Gasteiger partial charge is 0.489 e. The SMILES string of the molecule is O=C1c2ccc(O[C@@H]3CCC[C@H]3N3CC(c4ccnc5ccccc45)C3)cc2CN1N1C(=O)CCCC1=O. The number of hydrogen-bond donors (Lipinski definition) is 0. The summed E-state index contributed by atoms with van der Waals surface area (Å²) < 4.78 is 6.51. The van der Waals surface area contributed by atoms with Crippen LogP contribution in [0.25, 0.3) is 10.9 Å². The zero-order chi connectivity index (χ0) is 25.8. The number of nitrogens with zero attached hydrogens (tertiary/aromatic N) is 4. The Morgan fingerprint density at radius 2 is 1.71 bits per heavy atom. The topological polar surface area (TPSA) is 83.1 Å². The van der Waals surface area contributed by atoms with Crippen molar-refractivity contribution in [3.8, 4) is 5.75 Å². The van der Waals surface area contributed by atoms with Crippen LogP contribution in [0, 0.1) is 0 Å². The lowest BCUT2D eigenvalue weighted by Gasteiger charge is -2.45. The van der Waals surface area contributed by atoms with Gasteiger partial charge < -0.3 is 4.74 Å². The number of pyridine rings is 1. The number of fused-ring (bicyclic) bond motifs is 2. The summed E-state index contributed by atoms with van der Waals surface area (Å²) in [6, 6.07) is 16.4. The van der Waals surface area contributed by atoms with E-state index in [1.54, 1.807) is 6.07 Å². The summed E-state index contributed by atoms with van der Waals surface area (Å²) in [5.74, 6) is 0.329. The summed E-state index contributed by atoms with van der Waals surface area (Å²) >= 11 is 0. The number of benzene rings is 2. The van der Waals surface area contributed by atoms with Crippen LogP contribution >= 0.6 is 0 Å². The molecule has 1 saturated carbocycles. The molecule has 0 spiro atoms. The van der Waals surface area contributed by atoms with Crippen LogP contribution in [0.5, 0.6) is 5.75 Å². The monoisotopic (exact) mass is 510 g/mol. The molecule has 3 aliphatic heterocycles. The van der Waals surface area contributed by atoms with E-state index in [-0.39, 0.29) is 43.2 Å². The molecule has 3 amide bonds. The van der Waals surface area contributed by atoms with Gasteiger partial charge in [0.25, 0.3) is 5.91 Å². The second kappa shape index (κ2) is 9.20. The lowest BCUT2D eigenvalue weighted by Crippen LogP contribution is -2.54. The smallest absolute Gasteiger partial charge is 0.273 e. The van der Waals surface area contributed by atoms with E-state index in [0.717, 1.165) is 54.2 Å². The summed E-state index contributed by atoms with van der Waals surface area (Å²) in [7, 11) is 0. The number of piperidine rings is 1. The van der Waals surface area contributed by atoms with Gasteiger partial charge in [-0.3, -0.25) is 24.3 Å². The van der Waals surface area contributed by atoms with Gasteiger partial charge >= 0.3 is 0 Å². The highest BCUT2D eigenvalue weighted by atomic mass is 16.5. The molecule has 194 valence electrons. The molecule has 2 atom stereocenters. The van der Waals surface area contributed by atoms with E-state index in [9.17, 15) is 14.4 Å². The molecule has 38 heavy (non-hydrogen) atoms. The van der Waals surface area contributed by atoms with Gasteiger partial charge in [-0.15, -0.1) is 0 Å². The van der Waals surface area contributed by atoms with Crippen LogP contribution in [0.15, 0.2) is 54.7 Å². The van der Waals surface area contributed by atoms with Gasteiger partial charge in [-0.05, 0) is 67.1 Å². The molecule has 1 aromatic heterocycles. The number of para-hydroxylation sites is 1. The summed E-state index contributed by atoms with van der Waals surface area (Å²) in [6.07, 6.45) is 6.38. The number of ether oxygens (including phenoxy) is 1. The highest BCUT2D eigenvalue weighted by Crippen LogP contribution is 2.38. The molecular formula is C30H30N4O4. The Hall–Kier alpha value is -3.78. The number of imide groups is 1. The van der Waals surface area contributed by atoms with Crippen molar-refractivity contribution in [3.63, 3.8) is 0 Å². The average Bonchev–Trinajstić information content (AvgIpc) is 3.47. The van der Waals surface area contributed by atoms with Crippen LogP contribution in [0.2, 0.25) is 0 Å². The van der Waals surface area contributed by atoms with Gasteiger partial charge in [-0.25, -0.2) is 5.01 Å². The number of carbonyl (C=O) groups excluding carboxylic acids is 3. The molecule has 2 aromatic carbocycles. The highest BCUT2D eigenvalue weighted by Gasteiger charge is 2.42. The third kappa shape index (κ3) is 3.86. The van der Waals surface area contributed by atoms with Crippen molar-refractivity contribution in [2.45, 2.75) is 63.1 Å². The van der Waals surface area contributed by atoms with Gasteiger partial charge in [0.2, 0.25) is 11.8 Å². The molecule has 8 heteroatoms. The van der Waals surface area contributed by atoms with Gasteiger partial charge in [0, 0.05) is 55.0 Å². The fourth-order valence-electron chi connectivity index (χ4n) is 6.62. The number of carbonyl (C=O) groups is 3. The molecule has 0 bridgehead atoms. The second-order valence-corrected chi connectivity index (χ2v) is 10.9. The molecule has 0 unspecified atom stereocenters. The van der Waals surface area contributed by atoms with Gasteiger partial charge in [0.1, 0.15) is 11.9 Å². The summed E-state index contributed by atoms with van der Waals surface area (Å²) in [5, 5.41) is 3.58. The van der Waals surface area contributed by atoms with Crippen molar-refractivity contribution in [2.75, 3.05) is 13.1 Å². The van der Waals surface area contributed by atoms with Crippen molar-refractivity contribution in [1.29, 1.82) is 0 Å². The number of aromatic nitrogens is 1. The van der Waals surface area contributed by atoms with Crippen molar-refractivity contribution in [2.24, 2.45) is 0 Å². The average molecular weight is 511 g/mol. The fourth-order valence-corrected chi connectivity index (χ4v) is 6.62. The first-order valence-electron chi connectivity index (χ1n) is 13.6. The van der Waals surface area contributed by atoms with E-state index in [0.29, 0.717) is 23.9 Å². The zero-order valence-electron chi connectivity index (χ0n) is 21.2. The Balaban J connectivity index is 1.03. The zero-order valence-corrected chi connectivity index (χ0v) is 21.2. The highest BCUT2D eigenvalue weighted by molar-refractivity contribution is 6.04. The van der Waals surface area contributed by atoms with Crippen LogP contribution in [0.1, 0.15) is 65.9 Å². The standard InChI is InChI=1S/C30H30N4O4/c35-28-9-4-10-29(36)34(28)33-18-19-15-21(11-12-23(19)30(33)37)38-27-8-3-7-26(27)32-16-20(17-32)22-13-14-31-25-6-2-1-5-24(22)25/h1-2,5-6,11-15,20,26-27H,3-4,7-10,16-18H2/t26-,27-/m1/s1. The maximum Gasteiger partial charge on any atom is 0.273 e. The van der Waals surface area contributed by atoms with E-state index in [2.05, 4.69) is 34.1 Å². The first-order chi connectivity index (χ1) is 18.6. The Morgan fingerprint density at radius 1 is 0.895 bits per heavy atom. The number of likely N-dealkylation sites (tertiary alicyclic amines) is 1.